The van der Waals surface area contributed by atoms with Crippen LogP contribution in [0.15, 0.2) is 36.5 Å². The number of hydrogen-bond donors (Lipinski definition) is 0. The molecule has 0 spiro atoms. The Morgan fingerprint density at radius 3 is 2.56 bits per heavy atom. The van der Waals surface area contributed by atoms with Gasteiger partial charge in [-0.05, 0) is 19.1 Å². The average Bonchev–Trinajstić information content (AvgIpc) is 2.61. The van der Waals surface area contributed by atoms with Crippen molar-refractivity contribution in [1.82, 2.24) is 9.88 Å². The van der Waals surface area contributed by atoms with Gasteiger partial charge in [-0.25, -0.2) is 13.8 Å². The van der Waals surface area contributed by atoms with E-state index in [9.17, 15) is 18.9 Å². The predicted octanol–water partition coefficient (Wildman–Crippen LogP) is 3.15. The predicted molar refractivity (Wildman–Crippen MR) is 89.5 cm³/mol. The third-order valence-corrected chi connectivity index (χ3v) is 4.54. The molecule has 0 amide bonds. The zero-order valence-electron chi connectivity index (χ0n) is 13.7. The fourth-order valence-corrected chi connectivity index (χ4v) is 3.13. The Labute approximate surface area is 143 Å². The van der Waals surface area contributed by atoms with Gasteiger partial charge >= 0.3 is 5.69 Å². The summed E-state index contributed by atoms with van der Waals surface area (Å²) in [4.78, 5) is 18.8. The van der Waals surface area contributed by atoms with E-state index >= 15 is 0 Å². The van der Waals surface area contributed by atoms with Crippen LogP contribution in [0.1, 0.15) is 18.5 Å². The number of pyridine rings is 1. The van der Waals surface area contributed by atoms with Gasteiger partial charge in [0.2, 0.25) is 5.82 Å². The number of aromatic nitrogens is 1. The highest BCUT2D eigenvalue weighted by Gasteiger charge is 2.27. The first kappa shape index (κ1) is 17.2. The van der Waals surface area contributed by atoms with Gasteiger partial charge in [0.1, 0.15) is 11.6 Å². The lowest BCUT2D eigenvalue weighted by molar-refractivity contribution is -0.384. The number of benzene rings is 1. The molecule has 1 aromatic heterocycles. The maximum absolute atomic E-state index is 14.0. The molecule has 0 radical (unpaired) electrons. The molecule has 1 saturated heterocycles. The monoisotopic (exact) mass is 348 g/mol. The van der Waals surface area contributed by atoms with E-state index in [4.69, 9.17) is 0 Å². The first-order valence-corrected chi connectivity index (χ1v) is 8.00. The molecular formula is C17H18F2N4O2. The number of rotatable bonds is 4. The maximum atomic E-state index is 14.0. The molecule has 0 N–H and O–H groups in total. The molecule has 8 heteroatoms. The van der Waals surface area contributed by atoms with Crippen LogP contribution in [0.5, 0.6) is 0 Å². The minimum Gasteiger partial charge on any atom is -0.348 e. The Bertz CT molecular complexity index is 779. The van der Waals surface area contributed by atoms with E-state index in [-0.39, 0.29) is 11.7 Å². The van der Waals surface area contributed by atoms with Crippen LogP contribution in [-0.2, 0) is 0 Å². The molecule has 0 bridgehead atoms. The molecule has 25 heavy (non-hydrogen) atoms. The summed E-state index contributed by atoms with van der Waals surface area (Å²) in [6.45, 7) is 4.17. The van der Waals surface area contributed by atoms with Gasteiger partial charge in [-0.2, -0.15) is 0 Å². The second-order valence-electron chi connectivity index (χ2n) is 5.97. The number of halogens is 2. The van der Waals surface area contributed by atoms with Crippen molar-refractivity contribution in [2.75, 3.05) is 31.1 Å². The van der Waals surface area contributed by atoms with Crippen molar-refractivity contribution in [3.8, 4) is 0 Å². The van der Waals surface area contributed by atoms with Crippen LogP contribution in [0.25, 0.3) is 0 Å². The molecular weight excluding hydrogens is 330 g/mol. The summed E-state index contributed by atoms with van der Waals surface area (Å²) in [6.07, 6.45) is 1.53. The van der Waals surface area contributed by atoms with E-state index in [0.717, 1.165) is 6.07 Å². The Balaban J connectivity index is 1.71. The molecule has 1 atom stereocenters. The second-order valence-corrected chi connectivity index (χ2v) is 5.97. The highest BCUT2D eigenvalue weighted by molar-refractivity contribution is 5.57. The molecule has 2 aromatic rings. The van der Waals surface area contributed by atoms with E-state index in [0.29, 0.717) is 37.6 Å². The summed E-state index contributed by atoms with van der Waals surface area (Å²) >= 11 is 0. The van der Waals surface area contributed by atoms with Gasteiger partial charge in [0.05, 0.1) is 4.92 Å². The number of nitrogens with zero attached hydrogens (tertiary/aromatic N) is 4. The van der Waals surface area contributed by atoms with Crippen LogP contribution in [0.2, 0.25) is 0 Å². The molecule has 0 saturated carbocycles. The van der Waals surface area contributed by atoms with Gasteiger partial charge in [-0.15, -0.1) is 0 Å². The van der Waals surface area contributed by atoms with Crippen LogP contribution in [0.3, 0.4) is 0 Å². The van der Waals surface area contributed by atoms with Crippen molar-refractivity contribution in [2.45, 2.75) is 13.0 Å². The summed E-state index contributed by atoms with van der Waals surface area (Å²) in [6, 6.07) is 6.37. The normalized spacial score (nSPS) is 16.7. The highest BCUT2D eigenvalue weighted by atomic mass is 19.1. The van der Waals surface area contributed by atoms with Crippen LogP contribution in [0, 0.1) is 21.7 Å². The van der Waals surface area contributed by atoms with Gasteiger partial charge < -0.3 is 4.90 Å². The third-order valence-electron chi connectivity index (χ3n) is 4.54. The van der Waals surface area contributed by atoms with Crippen molar-refractivity contribution in [3.63, 3.8) is 0 Å². The molecule has 1 aliphatic rings. The number of piperazine rings is 1. The molecule has 3 rings (SSSR count). The fraction of sp³-hybridized carbons (Fsp3) is 0.353. The molecule has 1 aliphatic heterocycles. The van der Waals surface area contributed by atoms with Crippen molar-refractivity contribution in [2.24, 2.45) is 0 Å². The largest absolute Gasteiger partial charge is 0.348 e. The SMILES string of the molecule is CC(c1ccc(F)cc1F)N1CCN(c2ncccc2[N+](=O)[O-])CC1. The van der Waals surface area contributed by atoms with E-state index in [1.165, 1.54) is 30.5 Å². The first-order chi connectivity index (χ1) is 12.0. The molecule has 1 fully saturated rings. The van der Waals surface area contributed by atoms with Crippen LogP contribution in [-0.4, -0.2) is 41.0 Å². The van der Waals surface area contributed by atoms with Crippen molar-refractivity contribution in [1.29, 1.82) is 0 Å². The Hall–Kier alpha value is -2.61. The zero-order valence-corrected chi connectivity index (χ0v) is 13.7. The van der Waals surface area contributed by atoms with Crippen molar-refractivity contribution < 1.29 is 13.7 Å². The quantitative estimate of drug-likeness (QED) is 0.627. The Kier molecular flexibility index (Phi) is 4.89. The lowest BCUT2D eigenvalue weighted by atomic mass is 10.1. The van der Waals surface area contributed by atoms with E-state index < -0.39 is 16.6 Å². The van der Waals surface area contributed by atoms with Gasteiger partial charge in [0.25, 0.3) is 0 Å². The molecule has 0 aliphatic carbocycles. The third kappa shape index (κ3) is 3.58. The summed E-state index contributed by atoms with van der Waals surface area (Å²) in [5.74, 6) is -0.802. The average molecular weight is 348 g/mol. The van der Waals surface area contributed by atoms with Gasteiger partial charge in [-0.1, -0.05) is 6.07 Å². The highest BCUT2D eigenvalue weighted by Crippen LogP contribution is 2.29. The van der Waals surface area contributed by atoms with Crippen molar-refractivity contribution >= 4 is 11.5 Å². The minimum atomic E-state index is -0.597. The summed E-state index contributed by atoms with van der Waals surface area (Å²) in [7, 11) is 0. The minimum absolute atomic E-state index is 0.0198. The van der Waals surface area contributed by atoms with Crippen LogP contribution < -0.4 is 4.90 Å². The summed E-state index contributed by atoms with van der Waals surface area (Å²) < 4.78 is 27.1. The number of hydrogen-bond acceptors (Lipinski definition) is 5. The topological polar surface area (TPSA) is 62.5 Å². The van der Waals surface area contributed by atoms with Crippen LogP contribution in [0.4, 0.5) is 20.3 Å². The standard InChI is InChI=1S/C17H18F2N4O2/c1-12(14-5-4-13(18)11-15(14)19)21-7-9-22(10-8-21)17-16(23(24)25)3-2-6-20-17/h2-6,11-12H,7-10H2,1H3. The van der Waals surface area contributed by atoms with Crippen LogP contribution >= 0.6 is 0 Å². The first-order valence-electron chi connectivity index (χ1n) is 8.00. The smallest absolute Gasteiger partial charge is 0.311 e. The second kappa shape index (κ2) is 7.10. The summed E-state index contributed by atoms with van der Waals surface area (Å²) in [5.41, 5.74) is 0.423. The summed E-state index contributed by atoms with van der Waals surface area (Å²) in [5, 5.41) is 11.1. The number of anilines is 1. The lowest BCUT2D eigenvalue weighted by Crippen LogP contribution is -2.47. The Morgan fingerprint density at radius 2 is 1.92 bits per heavy atom. The molecule has 1 aromatic carbocycles. The van der Waals surface area contributed by atoms with Gasteiger partial charge in [0.15, 0.2) is 0 Å². The van der Waals surface area contributed by atoms with Gasteiger partial charge in [0, 0.05) is 56.1 Å². The van der Waals surface area contributed by atoms with E-state index in [2.05, 4.69) is 9.88 Å². The Morgan fingerprint density at radius 1 is 1.20 bits per heavy atom. The molecule has 132 valence electrons. The molecule has 6 nitrogen and oxygen atoms in total. The zero-order chi connectivity index (χ0) is 18.0. The number of nitro groups is 1. The molecule has 1 unspecified atom stereocenters. The fourth-order valence-electron chi connectivity index (χ4n) is 3.13. The lowest BCUT2D eigenvalue weighted by Gasteiger charge is -2.38. The maximum Gasteiger partial charge on any atom is 0.311 e. The molecule has 2 heterocycles. The van der Waals surface area contributed by atoms with E-state index in [1.54, 1.807) is 0 Å². The van der Waals surface area contributed by atoms with Crippen molar-refractivity contribution in [3.05, 3.63) is 63.8 Å². The van der Waals surface area contributed by atoms with Gasteiger partial charge in [-0.3, -0.25) is 15.0 Å². The van der Waals surface area contributed by atoms with E-state index in [1.807, 2.05) is 11.8 Å².